The summed E-state index contributed by atoms with van der Waals surface area (Å²) < 4.78 is 1.46. The molecule has 19 heavy (non-hydrogen) atoms. The largest absolute Gasteiger partial charge is 0.479 e. The van der Waals surface area contributed by atoms with E-state index in [2.05, 4.69) is 20.7 Å². The molecule has 2 amide bonds. The van der Waals surface area contributed by atoms with Crippen LogP contribution >= 0.6 is 11.3 Å². The first-order chi connectivity index (χ1) is 9.06. The number of carbonyl (C=O) groups is 2. The zero-order valence-corrected chi connectivity index (χ0v) is 10.7. The lowest BCUT2D eigenvalue weighted by Gasteiger charge is -2.12. The van der Waals surface area contributed by atoms with Gasteiger partial charge in [0.05, 0.1) is 6.20 Å². The van der Waals surface area contributed by atoms with Crippen LogP contribution in [0.4, 0.5) is 9.93 Å². The number of aryl methyl sites for hydroxylation is 1. The third-order valence-corrected chi connectivity index (χ3v) is 2.92. The van der Waals surface area contributed by atoms with Crippen LogP contribution in [0.15, 0.2) is 24.0 Å². The smallest absolute Gasteiger partial charge is 0.331 e. The van der Waals surface area contributed by atoms with Crippen LogP contribution in [0.5, 0.6) is 0 Å². The van der Waals surface area contributed by atoms with Crippen LogP contribution in [-0.4, -0.2) is 31.9 Å². The van der Waals surface area contributed by atoms with Gasteiger partial charge in [-0.05, 0) is 0 Å². The molecule has 2 rings (SSSR count). The number of hydrogen-bond donors (Lipinski definition) is 3. The minimum Gasteiger partial charge on any atom is -0.479 e. The molecule has 9 heteroatoms. The van der Waals surface area contributed by atoms with E-state index in [0.29, 0.717) is 10.7 Å². The number of carbonyl (C=O) groups excluding carboxylic acids is 1. The zero-order valence-electron chi connectivity index (χ0n) is 9.90. The second kappa shape index (κ2) is 5.48. The van der Waals surface area contributed by atoms with Gasteiger partial charge in [-0.1, -0.05) is 0 Å². The highest BCUT2D eigenvalue weighted by Gasteiger charge is 2.23. The van der Waals surface area contributed by atoms with Gasteiger partial charge in [0.1, 0.15) is 0 Å². The minimum absolute atomic E-state index is 0.393. The molecule has 0 aliphatic carbocycles. The van der Waals surface area contributed by atoms with Gasteiger partial charge in [0.25, 0.3) is 0 Å². The summed E-state index contributed by atoms with van der Waals surface area (Å²) in [5, 5.41) is 19.9. The van der Waals surface area contributed by atoms with E-state index in [-0.39, 0.29) is 0 Å². The van der Waals surface area contributed by atoms with Crippen molar-refractivity contribution in [2.45, 2.75) is 6.04 Å². The van der Waals surface area contributed by atoms with Crippen LogP contribution in [0.3, 0.4) is 0 Å². The standard InChI is InChI=1S/C10H11N5O3S/c1-15-5-6(4-12-15)7(8(16)17)13-9(18)14-10-11-2-3-19-10/h2-5,7H,1H3,(H,16,17)(H2,11,13,14,18). The Kier molecular flexibility index (Phi) is 3.76. The first-order valence-corrected chi connectivity index (χ1v) is 6.12. The quantitative estimate of drug-likeness (QED) is 0.768. The van der Waals surface area contributed by atoms with Crippen molar-refractivity contribution in [2.75, 3.05) is 5.32 Å². The number of nitrogens with one attached hydrogen (secondary N) is 2. The lowest BCUT2D eigenvalue weighted by atomic mass is 10.2. The molecule has 3 N–H and O–H groups in total. The number of thiazole rings is 1. The number of carboxylic acid groups (broad SMARTS) is 1. The highest BCUT2D eigenvalue weighted by molar-refractivity contribution is 7.13. The Labute approximate surface area is 112 Å². The van der Waals surface area contributed by atoms with Gasteiger partial charge < -0.3 is 10.4 Å². The number of nitrogens with zero attached hydrogens (tertiary/aromatic N) is 3. The van der Waals surface area contributed by atoms with Crippen molar-refractivity contribution in [1.29, 1.82) is 0 Å². The molecule has 0 aliphatic heterocycles. The molecule has 0 bridgehead atoms. The van der Waals surface area contributed by atoms with Gasteiger partial charge in [0.2, 0.25) is 0 Å². The first kappa shape index (κ1) is 13.0. The average molecular weight is 281 g/mol. The Bertz CT molecular complexity index is 580. The predicted octanol–water partition coefficient (Wildman–Crippen LogP) is 0.824. The van der Waals surface area contributed by atoms with Gasteiger partial charge in [-0.25, -0.2) is 14.6 Å². The van der Waals surface area contributed by atoms with Crippen molar-refractivity contribution in [3.8, 4) is 0 Å². The van der Waals surface area contributed by atoms with E-state index in [9.17, 15) is 9.59 Å². The van der Waals surface area contributed by atoms with E-state index >= 15 is 0 Å². The molecule has 1 unspecified atom stereocenters. The van der Waals surface area contributed by atoms with Gasteiger partial charge in [-0.2, -0.15) is 5.10 Å². The van der Waals surface area contributed by atoms with Crippen molar-refractivity contribution in [1.82, 2.24) is 20.1 Å². The van der Waals surface area contributed by atoms with E-state index in [1.807, 2.05) is 0 Å². The van der Waals surface area contributed by atoms with Gasteiger partial charge in [-0.15, -0.1) is 11.3 Å². The molecule has 2 aromatic rings. The van der Waals surface area contributed by atoms with Gasteiger partial charge in [0.15, 0.2) is 11.2 Å². The van der Waals surface area contributed by atoms with Crippen molar-refractivity contribution in [3.63, 3.8) is 0 Å². The average Bonchev–Trinajstić information content (AvgIpc) is 2.97. The topological polar surface area (TPSA) is 109 Å². The van der Waals surface area contributed by atoms with E-state index in [1.165, 1.54) is 34.6 Å². The van der Waals surface area contributed by atoms with Crippen molar-refractivity contribution in [3.05, 3.63) is 29.5 Å². The van der Waals surface area contributed by atoms with E-state index in [1.54, 1.807) is 12.4 Å². The SMILES string of the molecule is Cn1cc(C(NC(=O)Nc2nccs2)C(=O)O)cn1. The Morgan fingerprint density at radius 2 is 2.32 bits per heavy atom. The summed E-state index contributed by atoms with van der Waals surface area (Å²) in [5.41, 5.74) is 0.393. The molecule has 0 fully saturated rings. The summed E-state index contributed by atoms with van der Waals surface area (Å²) in [6.07, 6.45) is 4.46. The highest BCUT2D eigenvalue weighted by atomic mass is 32.1. The molecule has 8 nitrogen and oxygen atoms in total. The fourth-order valence-electron chi connectivity index (χ4n) is 1.43. The lowest BCUT2D eigenvalue weighted by Crippen LogP contribution is -2.36. The molecule has 0 radical (unpaired) electrons. The van der Waals surface area contributed by atoms with E-state index in [4.69, 9.17) is 5.11 Å². The maximum atomic E-state index is 11.7. The summed E-state index contributed by atoms with van der Waals surface area (Å²) in [7, 11) is 1.66. The fraction of sp³-hybridized carbons (Fsp3) is 0.200. The van der Waals surface area contributed by atoms with Crippen LogP contribution in [0.25, 0.3) is 0 Å². The van der Waals surface area contributed by atoms with Crippen LogP contribution < -0.4 is 10.6 Å². The second-order valence-electron chi connectivity index (χ2n) is 3.65. The van der Waals surface area contributed by atoms with E-state index in [0.717, 1.165) is 0 Å². The summed E-state index contributed by atoms with van der Waals surface area (Å²) in [4.78, 5) is 26.7. The van der Waals surface area contributed by atoms with Crippen molar-refractivity contribution >= 4 is 28.5 Å². The third kappa shape index (κ3) is 3.28. The number of hydrogen-bond acceptors (Lipinski definition) is 5. The summed E-state index contributed by atoms with van der Waals surface area (Å²) in [6, 6.07) is -1.79. The monoisotopic (exact) mass is 281 g/mol. The number of aliphatic carboxylic acids is 1. The molecule has 0 spiro atoms. The number of urea groups is 1. The maximum absolute atomic E-state index is 11.7. The number of aromatic nitrogens is 3. The summed E-state index contributed by atoms with van der Waals surface area (Å²) >= 11 is 1.24. The molecular formula is C10H11N5O3S. The number of amides is 2. The summed E-state index contributed by atoms with van der Waals surface area (Å²) in [6.45, 7) is 0. The predicted molar refractivity (Wildman–Crippen MR) is 67.9 cm³/mol. The molecule has 2 heterocycles. The Morgan fingerprint density at radius 3 is 2.84 bits per heavy atom. The number of rotatable bonds is 4. The number of anilines is 1. The lowest BCUT2D eigenvalue weighted by molar-refractivity contribution is -0.139. The van der Waals surface area contributed by atoms with Gasteiger partial charge in [0, 0.05) is 30.4 Å². The molecule has 0 saturated heterocycles. The fourth-order valence-corrected chi connectivity index (χ4v) is 1.95. The molecule has 100 valence electrons. The minimum atomic E-state index is -1.16. The highest BCUT2D eigenvalue weighted by Crippen LogP contribution is 2.14. The second-order valence-corrected chi connectivity index (χ2v) is 4.55. The molecule has 0 aliphatic rings. The molecular weight excluding hydrogens is 270 g/mol. The molecule has 1 atom stereocenters. The van der Waals surface area contributed by atoms with Crippen LogP contribution in [0.2, 0.25) is 0 Å². The van der Waals surface area contributed by atoms with Crippen LogP contribution in [0, 0.1) is 0 Å². The van der Waals surface area contributed by atoms with Crippen molar-refractivity contribution in [2.24, 2.45) is 7.05 Å². The summed E-state index contributed by atoms with van der Waals surface area (Å²) in [5.74, 6) is -1.16. The maximum Gasteiger partial charge on any atom is 0.331 e. The van der Waals surface area contributed by atoms with Crippen molar-refractivity contribution < 1.29 is 14.7 Å². The number of carboxylic acids is 1. The van der Waals surface area contributed by atoms with Crippen LogP contribution in [0.1, 0.15) is 11.6 Å². The zero-order chi connectivity index (χ0) is 13.8. The Morgan fingerprint density at radius 1 is 1.53 bits per heavy atom. The van der Waals surface area contributed by atoms with E-state index < -0.39 is 18.0 Å². The van der Waals surface area contributed by atoms with Gasteiger partial charge in [-0.3, -0.25) is 10.00 Å². The Hall–Kier alpha value is -2.42. The first-order valence-electron chi connectivity index (χ1n) is 5.24. The third-order valence-electron chi connectivity index (χ3n) is 2.23. The molecule has 0 aromatic carbocycles. The van der Waals surface area contributed by atoms with Crippen LogP contribution in [-0.2, 0) is 11.8 Å². The normalized spacial score (nSPS) is 11.8. The molecule has 0 saturated carbocycles. The van der Waals surface area contributed by atoms with Gasteiger partial charge >= 0.3 is 12.0 Å². The Balaban J connectivity index is 2.05. The molecule has 2 aromatic heterocycles.